The molecule has 0 spiro atoms. The van der Waals surface area contributed by atoms with Crippen LogP contribution in [0.4, 0.5) is 4.79 Å². The van der Waals surface area contributed by atoms with Gasteiger partial charge >= 0.3 is 18.0 Å². The maximum atomic E-state index is 13.4. The van der Waals surface area contributed by atoms with Gasteiger partial charge in [-0.1, -0.05) is 78.9 Å². The second kappa shape index (κ2) is 13.4. The summed E-state index contributed by atoms with van der Waals surface area (Å²) in [6.45, 7) is 8.88. The molecule has 0 aromatic heterocycles. The van der Waals surface area contributed by atoms with Crippen LogP contribution < -0.4 is 5.32 Å². The molecular weight excluding hydrogens is 574 g/mol. The molecule has 9 heteroatoms. The molecule has 1 aliphatic heterocycles. The summed E-state index contributed by atoms with van der Waals surface area (Å²) < 4.78 is 29.0. The van der Waals surface area contributed by atoms with E-state index in [1.807, 2.05) is 66.7 Å². The summed E-state index contributed by atoms with van der Waals surface area (Å²) in [6.07, 6.45) is -2.72. The van der Waals surface area contributed by atoms with E-state index in [9.17, 15) is 14.4 Å². The lowest BCUT2D eigenvalue weighted by molar-refractivity contribution is -0.171. The summed E-state index contributed by atoms with van der Waals surface area (Å²) >= 11 is 0. The smallest absolute Gasteiger partial charge is 0.407 e. The van der Waals surface area contributed by atoms with Crippen LogP contribution in [0.25, 0.3) is 11.1 Å². The predicted octanol–water partition coefficient (Wildman–Crippen LogP) is 6.28. The van der Waals surface area contributed by atoms with Crippen LogP contribution in [-0.2, 0) is 39.9 Å². The molecule has 2 aliphatic rings. The number of ether oxygens (including phenoxy) is 5. The van der Waals surface area contributed by atoms with Crippen molar-refractivity contribution in [1.29, 1.82) is 0 Å². The van der Waals surface area contributed by atoms with Crippen LogP contribution in [0, 0.1) is 0 Å². The number of hydrogen-bond acceptors (Lipinski definition) is 8. The fraction of sp³-hybridized carbons (Fsp3) is 0.417. The van der Waals surface area contributed by atoms with Gasteiger partial charge in [-0.2, -0.15) is 0 Å². The summed E-state index contributed by atoms with van der Waals surface area (Å²) in [6, 6.07) is 24.6. The quantitative estimate of drug-likeness (QED) is 0.210. The third kappa shape index (κ3) is 8.09. The molecule has 0 radical (unpaired) electrons. The molecule has 1 heterocycles. The predicted molar refractivity (Wildman–Crippen MR) is 167 cm³/mol. The standard InChI is InChI=1S/C36H41NO8/c1-35(2,3)43-30(38)20-19-29(31-32(45-36(4,5)44-31)33(39)41-21-23-13-7-6-8-14-23)37-34(40)42-22-28-26-17-11-9-15-24(26)25-16-10-12-18-27(25)28/h6-18,28-29,31-32H,19-22H2,1-5H3,(H,37,40)/t29-,31-,32-/m0/s1. The van der Waals surface area contributed by atoms with Gasteiger partial charge in [-0.25, -0.2) is 9.59 Å². The minimum atomic E-state index is -1.15. The number of nitrogens with one attached hydrogen (secondary N) is 1. The Kier molecular flexibility index (Phi) is 9.60. The first-order valence-corrected chi connectivity index (χ1v) is 15.3. The van der Waals surface area contributed by atoms with Gasteiger partial charge in [-0.05, 0) is 68.9 Å². The number of carbonyl (C=O) groups is 3. The first-order valence-electron chi connectivity index (χ1n) is 15.3. The summed E-state index contributed by atoms with van der Waals surface area (Å²) in [5.41, 5.74) is 4.55. The number of carbonyl (C=O) groups excluding carboxylic acids is 3. The van der Waals surface area contributed by atoms with Crippen LogP contribution in [0.3, 0.4) is 0 Å². The molecule has 3 atom stereocenters. The van der Waals surface area contributed by atoms with Gasteiger partial charge < -0.3 is 29.0 Å². The van der Waals surface area contributed by atoms with E-state index >= 15 is 0 Å². The van der Waals surface area contributed by atoms with E-state index in [1.54, 1.807) is 34.6 Å². The average molecular weight is 616 g/mol. The van der Waals surface area contributed by atoms with Crippen molar-refractivity contribution in [3.63, 3.8) is 0 Å². The number of hydrogen-bond donors (Lipinski definition) is 1. The van der Waals surface area contributed by atoms with Crippen molar-refractivity contribution in [3.8, 4) is 11.1 Å². The molecule has 0 saturated carbocycles. The second-order valence-electron chi connectivity index (χ2n) is 12.8. The molecule has 9 nitrogen and oxygen atoms in total. The monoisotopic (exact) mass is 615 g/mol. The topological polar surface area (TPSA) is 109 Å². The second-order valence-corrected chi connectivity index (χ2v) is 12.8. The summed E-state index contributed by atoms with van der Waals surface area (Å²) in [7, 11) is 0. The molecular formula is C36H41NO8. The van der Waals surface area contributed by atoms with Crippen LogP contribution in [0.15, 0.2) is 78.9 Å². The van der Waals surface area contributed by atoms with Crippen LogP contribution in [0.1, 0.15) is 70.1 Å². The minimum absolute atomic E-state index is 0.0301. The fourth-order valence-electron chi connectivity index (χ4n) is 5.85. The van der Waals surface area contributed by atoms with Gasteiger partial charge in [0.1, 0.15) is 24.9 Å². The first kappa shape index (κ1) is 32.2. The van der Waals surface area contributed by atoms with E-state index in [0.29, 0.717) is 0 Å². The zero-order chi connectivity index (χ0) is 32.2. The maximum Gasteiger partial charge on any atom is 0.407 e. The third-order valence-corrected chi connectivity index (χ3v) is 7.71. The molecule has 1 fully saturated rings. The Morgan fingerprint density at radius 3 is 2.07 bits per heavy atom. The van der Waals surface area contributed by atoms with Crippen molar-refractivity contribution in [2.75, 3.05) is 6.61 Å². The largest absolute Gasteiger partial charge is 0.460 e. The van der Waals surface area contributed by atoms with Gasteiger partial charge in [0.2, 0.25) is 0 Å². The summed E-state index contributed by atoms with van der Waals surface area (Å²) in [5, 5.41) is 2.86. The maximum absolute atomic E-state index is 13.4. The van der Waals surface area contributed by atoms with E-state index < -0.39 is 47.7 Å². The van der Waals surface area contributed by atoms with Gasteiger partial charge in [0.05, 0.1) is 6.04 Å². The molecule has 0 unspecified atom stereocenters. The van der Waals surface area contributed by atoms with Crippen LogP contribution in [-0.4, -0.2) is 54.3 Å². The Hall–Kier alpha value is -4.21. The van der Waals surface area contributed by atoms with Crippen LogP contribution >= 0.6 is 0 Å². The summed E-state index contributed by atoms with van der Waals surface area (Å²) in [4.78, 5) is 39.3. The van der Waals surface area contributed by atoms with Crippen molar-refractivity contribution < 1.29 is 38.1 Å². The number of fused-ring (bicyclic) bond motifs is 3. The van der Waals surface area contributed by atoms with Crippen molar-refractivity contribution in [1.82, 2.24) is 5.32 Å². The highest BCUT2D eigenvalue weighted by atomic mass is 16.8. The Balaban J connectivity index is 1.31. The molecule has 1 N–H and O–H groups in total. The van der Waals surface area contributed by atoms with E-state index in [0.717, 1.165) is 27.8 Å². The van der Waals surface area contributed by atoms with E-state index in [-0.39, 0.29) is 32.0 Å². The normalized spacial score (nSPS) is 19.2. The minimum Gasteiger partial charge on any atom is -0.460 e. The van der Waals surface area contributed by atoms with E-state index in [4.69, 9.17) is 23.7 Å². The Labute approximate surface area is 264 Å². The number of alkyl carbamates (subject to hydrolysis) is 1. The molecule has 45 heavy (non-hydrogen) atoms. The zero-order valence-electron chi connectivity index (χ0n) is 26.4. The van der Waals surface area contributed by atoms with Gasteiger partial charge in [0.25, 0.3) is 0 Å². The Morgan fingerprint density at radius 1 is 0.844 bits per heavy atom. The molecule has 1 amide bonds. The number of rotatable bonds is 10. The third-order valence-electron chi connectivity index (χ3n) is 7.71. The van der Waals surface area contributed by atoms with E-state index in [2.05, 4.69) is 17.4 Å². The van der Waals surface area contributed by atoms with Crippen molar-refractivity contribution in [2.45, 2.75) is 89.6 Å². The zero-order valence-corrected chi connectivity index (χ0v) is 26.4. The lowest BCUT2D eigenvalue weighted by Crippen LogP contribution is -2.50. The Bertz CT molecular complexity index is 1470. The fourth-order valence-corrected chi connectivity index (χ4v) is 5.85. The van der Waals surface area contributed by atoms with Gasteiger partial charge in [0.15, 0.2) is 11.9 Å². The lowest BCUT2D eigenvalue weighted by atomic mass is 9.98. The molecule has 3 aromatic carbocycles. The molecule has 3 aromatic rings. The van der Waals surface area contributed by atoms with Crippen molar-refractivity contribution in [2.24, 2.45) is 0 Å². The Morgan fingerprint density at radius 2 is 1.44 bits per heavy atom. The first-order chi connectivity index (χ1) is 21.4. The number of amides is 1. The highest BCUT2D eigenvalue weighted by Crippen LogP contribution is 2.44. The molecule has 5 rings (SSSR count). The summed E-state index contributed by atoms with van der Waals surface area (Å²) in [5.74, 6) is -2.35. The van der Waals surface area contributed by atoms with Gasteiger partial charge in [-0.15, -0.1) is 0 Å². The molecule has 238 valence electrons. The van der Waals surface area contributed by atoms with E-state index in [1.165, 1.54) is 0 Å². The SMILES string of the molecule is CC(C)(C)OC(=O)CC[C@H](NC(=O)OCC1c2ccccc2-c2ccccc21)[C@@H]1OC(C)(C)O[C@@H]1C(=O)OCc1ccccc1. The van der Waals surface area contributed by atoms with Gasteiger partial charge in [-0.3, -0.25) is 4.79 Å². The number of benzene rings is 3. The average Bonchev–Trinajstić information content (AvgIpc) is 3.50. The molecule has 1 saturated heterocycles. The van der Waals surface area contributed by atoms with Crippen molar-refractivity contribution >= 4 is 18.0 Å². The van der Waals surface area contributed by atoms with Crippen molar-refractivity contribution in [3.05, 3.63) is 95.6 Å². The highest BCUT2D eigenvalue weighted by molar-refractivity contribution is 5.79. The lowest BCUT2D eigenvalue weighted by Gasteiger charge is -2.27. The molecule has 1 aliphatic carbocycles. The number of esters is 2. The van der Waals surface area contributed by atoms with Crippen LogP contribution in [0.2, 0.25) is 0 Å². The van der Waals surface area contributed by atoms with Gasteiger partial charge in [0, 0.05) is 12.3 Å². The highest BCUT2D eigenvalue weighted by Gasteiger charge is 2.50. The molecule has 0 bridgehead atoms. The van der Waals surface area contributed by atoms with Crippen LogP contribution in [0.5, 0.6) is 0 Å².